The third kappa shape index (κ3) is 4.09. The first-order valence-corrected chi connectivity index (χ1v) is 9.73. The highest BCUT2D eigenvalue weighted by atomic mass is 32.1. The summed E-state index contributed by atoms with van der Waals surface area (Å²) in [4.78, 5) is 21.3. The highest BCUT2D eigenvalue weighted by Gasteiger charge is 2.24. The number of aryl methyl sites for hydroxylation is 2. The lowest BCUT2D eigenvalue weighted by atomic mass is 10.0. The van der Waals surface area contributed by atoms with E-state index in [0.717, 1.165) is 40.8 Å². The summed E-state index contributed by atoms with van der Waals surface area (Å²) in [7, 11) is 1.66. The van der Waals surface area contributed by atoms with Crippen LogP contribution in [0.1, 0.15) is 29.8 Å². The van der Waals surface area contributed by atoms with Crippen LogP contribution in [-0.4, -0.2) is 49.2 Å². The molecule has 140 valence electrons. The summed E-state index contributed by atoms with van der Waals surface area (Å²) in [5, 5.41) is 6.20. The molecule has 0 bridgehead atoms. The second kappa shape index (κ2) is 7.95. The van der Waals surface area contributed by atoms with Crippen molar-refractivity contribution >= 4 is 22.5 Å². The first kappa shape index (κ1) is 18.5. The first-order valence-electron chi connectivity index (χ1n) is 8.85. The zero-order chi connectivity index (χ0) is 18.7. The standard InChI is InChI=1S/C19H26N4O2S/c1-13-5-6-17(25-4)16(11-13)15(3)21-18(24)22-7-9-23(10-8-22)19-20-14(2)12-26-19/h5-6,11-12,15H,7-10H2,1-4H3,(H,21,24)/t15-/m1/s1. The fourth-order valence-electron chi connectivity index (χ4n) is 3.13. The van der Waals surface area contributed by atoms with Crippen LogP contribution < -0.4 is 15.0 Å². The quantitative estimate of drug-likeness (QED) is 0.892. The van der Waals surface area contributed by atoms with Crippen molar-refractivity contribution < 1.29 is 9.53 Å². The van der Waals surface area contributed by atoms with E-state index in [2.05, 4.69) is 26.6 Å². The molecule has 1 aliphatic rings. The van der Waals surface area contributed by atoms with Gasteiger partial charge in [-0.1, -0.05) is 17.7 Å². The molecule has 1 saturated heterocycles. The van der Waals surface area contributed by atoms with Crippen LogP contribution in [-0.2, 0) is 0 Å². The lowest BCUT2D eigenvalue weighted by Gasteiger charge is -2.35. The van der Waals surface area contributed by atoms with Crippen molar-refractivity contribution in [2.45, 2.75) is 26.8 Å². The number of piperazine rings is 1. The molecule has 1 fully saturated rings. The Balaban J connectivity index is 1.58. The third-order valence-electron chi connectivity index (χ3n) is 4.64. The van der Waals surface area contributed by atoms with Crippen LogP contribution >= 0.6 is 11.3 Å². The summed E-state index contributed by atoms with van der Waals surface area (Å²) in [6, 6.07) is 5.87. The van der Waals surface area contributed by atoms with Gasteiger partial charge in [0.1, 0.15) is 5.75 Å². The van der Waals surface area contributed by atoms with E-state index < -0.39 is 0 Å². The van der Waals surface area contributed by atoms with E-state index in [0.29, 0.717) is 13.1 Å². The Morgan fingerprint density at radius 1 is 1.27 bits per heavy atom. The molecule has 1 aromatic carbocycles. The summed E-state index contributed by atoms with van der Waals surface area (Å²) >= 11 is 1.66. The van der Waals surface area contributed by atoms with Crippen molar-refractivity contribution in [3.63, 3.8) is 0 Å². The topological polar surface area (TPSA) is 57.7 Å². The maximum absolute atomic E-state index is 12.7. The van der Waals surface area contributed by atoms with E-state index in [-0.39, 0.29) is 12.1 Å². The molecule has 2 heterocycles. The molecule has 3 rings (SSSR count). The van der Waals surface area contributed by atoms with Crippen LogP contribution in [0.2, 0.25) is 0 Å². The molecule has 1 N–H and O–H groups in total. The summed E-state index contributed by atoms with van der Waals surface area (Å²) in [6.07, 6.45) is 0. The second-order valence-corrected chi connectivity index (χ2v) is 7.50. The Labute approximate surface area is 158 Å². The highest BCUT2D eigenvalue weighted by Crippen LogP contribution is 2.26. The van der Waals surface area contributed by atoms with Crippen LogP contribution in [0.25, 0.3) is 0 Å². The average molecular weight is 375 g/mol. The smallest absolute Gasteiger partial charge is 0.317 e. The first-order chi connectivity index (χ1) is 12.5. The lowest BCUT2D eigenvalue weighted by Crippen LogP contribution is -2.52. The number of amides is 2. The Morgan fingerprint density at radius 3 is 2.62 bits per heavy atom. The summed E-state index contributed by atoms with van der Waals surface area (Å²) < 4.78 is 5.44. The molecule has 0 spiro atoms. The number of methoxy groups -OCH3 is 1. The Hall–Kier alpha value is -2.28. The van der Waals surface area contributed by atoms with Crippen molar-refractivity contribution in [1.29, 1.82) is 0 Å². The SMILES string of the molecule is COc1ccc(C)cc1[C@@H](C)NC(=O)N1CCN(c2nc(C)cs2)CC1. The Kier molecular flexibility index (Phi) is 5.66. The van der Waals surface area contributed by atoms with Gasteiger partial charge in [-0.2, -0.15) is 0 Å². The minimum absolute atomic E-state index is 0.0315. The summed E-state index contributed by atoms with van der Waals surface area (Å²) in [5.41, 5.74) is 3.19. The van der Waals surface area contributed by atoms with Crippen molar-refractivity contribution in [3.05, 3.63) is 40.4 Å². The van der Waals surface area contributed by atoms with Gasteiger partial charge >= 0.3 is 6.03 Å². The number of anilines is 1. The zero-order valence-electron chi connectivity index (χ0n) is 15.8. The van der Waals surface area contributed by atoms with Crippen LogP contribution in [0, 0.1) is 13.8 Å². The average Bonchev–Trinajstić information content (AvgIpc) is 3.08. The van der Waals surface area contributed by atoms with Crippen molar-refractivity contribution in [2.24, 2.45) is 0 Å². The van der Waals surface area contributed by atoms with Crippen molar-refractivity contribution in [1.82, 2.24) is 15.2 Å². The number of nitrogens with one attached hydrogen (secondary N) is 1. The van der Waals surface area contributed by atoms with Gasteiger partial charge < -0.3 is 19.9 Å². The van der Waals surface area contributed by atoms with E-state index in [1.54, 1.807) is 18.4 Å². The van der Waals surface area contributed by atoms with Crippen molar-refractivity contribution in [2.75, 3.05) is 38.2 Å². The van der Waals surface area contributed by atoms with Gasteiger partial charge in [-0.05, 0) is 26.8 Å². The van der Waals surface area contributed by atoms with Crippen LogP contribution in [0.15, 0.2) is 23.6 Å². The number of carbonyl (C=O) groups is 1. The second-order valence-electron chi connectivity index (χ2n) is 6.66. The zero-order valence-corrected chi connectivity index (χ0v) is 16.6. The predicted molar refractivity (Wildman–Crippen MR) is 105 cm³/mol. The molecule has 2 aromatic rings. The number of nitrogens with zero attached hydrogens (tertiary/aromatic N) is 3. The molecule has 2 amide bonds. The molecule has 1 aliphatic heterocycles. The maximum atomic E-state index is 12.7. The molecule has 1 atom stereocenters. The number of rotatable bonds is 4. The molecule has 0 unspecified atom stereocenters. The number of hydrogen-bond acceptors (Lipinski definition) is 5. The minimum Gasteiger partial charge on any atom is -0.496 e. The van der Waals surface area contributed by atoms with Gasteiger partial charge in [0.05, 0.1) is 18.8 Å². The number of hydrogen-bond donors (Lipinski definition) is 1. The van der Waals surface area contributed by atoms with Crippen LogP contribution in [0.3, 0.4) is 0 Å². The molecule has 7 heteroatoms. The normalized spacial score (nSPS) is 15.7. The number of ether oxygens (including phenoxy) is 1. The van der Waals surface area contributed by atoms with E-state index in [4.69, 9.17) is 4.74 Å². The largest absolute Gasteiger partial charge is 0.496 e. The van der Waals surface area contributed by atoms with Gasteiger partial charge in [-0.25, -0.2) is 9.78 Å². The van der Waals surface area contributed by atoms with E-state index >= 15 is 0 Å². The predicted octanol–water partition coefficient (Wildman–Crippen LogP) is 3.36. The number of thiazole rings is 1. The van der Waals surface area contributed by atoms with Gasteiger partial charge in [0, 0.05) is 37.1 Å². The fraction of sp³-hybridized carbons (Fsp3) is 0.474. The number of aromatic nitrogens is 1. The molecule has 1 aromatic heterocycles. The van der Waals surface area contributed by atoms with E-state index in [9.17, 15) is 4.79 Å². The number of carbonyl (C=O) groups excluding carboxylic acids is 1. The minimum atomic E-state index is -0.114. The van der Waals surface area contributed by atoms with E-state index in [1.807, 2.05) is 37.8 Å². The van der Waals surface area contributed by atoms with Gasteiger partial charge in [0.25, 0.3) is 0 Å². The Morgan fingerprint density at radius 2 is 2.00 bits per heavy atom. The van der Waals surface area contributed by atoms with Crippen molar-refractivity contribution in [3.8, 4) is 5.75 Å². The molecule has 6 nitrogen and oxygen atoms in total. The molecular weight excluding hydrogens is 348 g/mol. The van der Waals surface area contributed by atoms with Gasteiger partial charge in [-0.15, -0.1) is 11.3 Å². The fourth-order valence-corrected chi connectivity index (χ4v) is 3.99. The lowest BCUT2D eigenvalue weighted by molar-refractivity contribution is 0.191. The molecule has 0 aliphatic carbocycles. The molecular formula is C19H26N4O2S. The maximum Gasteiger partial charge on any atom is 0.317 e. The highest BCUT2D eigenvalue weighted by molar-refractivity contribution is 7.13. The molecule has 0 saturated carbocycles. The number of urea groups is 1. The molecule has 26 heavy (non-hydrogen) atoms. The van der Waals surface area contributed by atoms with Crippen LogP contribution in [0.5, 0.6) is 5.75 Å². The Bertz CT molecular complexity index is 769. The summed E-state index contributed by atoms with van der Waals surface area (Å²) in [5.74, 6) is 0.798. The van der Waals surface area contributed by atoms with Gasteiger partial charge in [0.15, 0.2) is 5.13 Å². The monoisotopic (exact) mass is 374 g/mol. The third-order valence-corrected chi connectivity index (χ3v) is 5.66. The molecule has 0 radical (unpaired) electrons. The summed E-state index contributed by atoms with van der Waals surface area (Å²) in [6.45, 7) is 9.04. The van der Waals surface area contributed by atoms with Gasteiger partial charge in [-0.3, -0.25) is 0 Å². The number of benzene rings is 1. The van der Waals surface area contributed by atoms with Gasteiger partial charge in [0.2, 0.25) is 0 Å². The van der Waals surface area contributed by atoms with E-state index in [1.165, 1.54) is 0 Å². The van der Waals surface area contributed by atoms with Crippen LogP contribution in [0.4, 0.5) is 9.93 Å².